The van der Waals surface area contributed by atoms with Crippen LogP contribution in [0.3, 0.4) is 0 Å². The van der Waals surface area contributed by atoms with Crippen LogP contribution in [0, 0.1) is 11.8 Å². The Labute approximate surface area is 220 Å². The molecule has 0 fully saturated rings. The van der Waals surface area contributed by atoms with Crippen LogP contribution in [-0.4, -0.2) is 70.6 Å². The number of carbonyl (C=O) groups is 2. The normalized spacial score (nSPS) is 13.5. The molecule has 0 aromatic carbocycles. The molecule has 36 heavy (non-hydrogen) atoms. The van der Waals surface area contributed by atoms with E-state index in [2.05, 4.69) is 29.1 Å². The lowest BCUT2D eigenvalue weighted by atomic mass is 10.0. The predicted octanol–water partition coefficient (Wildman–Crippen LogP) is 3.97. The summed E-state index contributed by atoms with van der Waals surface area (Å²) in [6.07, 6.45) is 5.76. The number of rotatable bonds is 24. The second-order valence-electron chi connectivity index (χ2n) is 9.81. The maximum atomic E-state index is 12.1. The molecule has 0 heterocycles. The van der Waals surface area contributed by atoms with E-state index in [1.165, 1.54) is 5.57 Å². The van der Waals surface area contributed by atoms with Gasteiger partial charge in [-0.3, -0.25) is 9.59 Å². The lowest BCUT2D eigenvalue weighted by Gasteiger charge is -2.15. The van der Waals surface area contributed by atoms with Gasteiger partial charge in [0.1, 0.15) is 0 Å². The van der Waals surface area contributed by atoms with E-state index in [-0.39, 0.29) is 29.8 Å². The van der Waals surface area contributed by atoms with Gasteiger partial charge in [0.15, 0.2) is 0 Å². The molecule has 3 N–H and O–H groups in total. The number of nitrogens with one attached hydrogen (secondary N) is 3. The number of allylic oxidation sites excluding steroid dienone is 2. The van der Waals surface area contributed by atoms with Crippen molar-refractivity contribution >= 4 is 11.8 Å². The van der Waals surface area contributed by atoms with E-state index in [1.54, 1.807) is 0 Å². The highest BCUT2D eigenvalue weighted by molar-refractivity contribution is 5.78. The Balaban J connectivity index is 3.58. The molecular weight excluding hydrogens is 458 g/mol. The van der Waals surface area contributed by atoms with E-state index in [1.807, 2.05) is 34.6 Å². The van der Waals surface area contributed by atoms with E-state index in [0.717, 1.165) is 50.8 Å². The summed E-state index contributed by atoms with van der Waals surface area (Å²) >= 11 is 0. The summed E-state index contributed by atoms with van der Waals surface area (Å²) in [5.41, 5.74) is 2.14. The first-order valence-corrected chi connectivity index (χ1v) is 13.5. The molecule has 0 saturated carbocycles. The SMILES string of the molecule is C=C(C)CCCCC(C)C(=O)NCCOC(C)COCCOCCNC(=O)C(C)CCCNC(=C)C. The minimum absolute atomic E-state index is 0.0157. The highest BCUT2D eigenvalue weighted by Gasteiger charge is 2.13. The third-order valence-electron chi connectivity index (χ3n) is 5.70. The molecule has 0 aromatic heterocycles. The molecule has 0 spiro atoms. The van der Waals surface area contributed by atoms with Gasteiger partial charge in [-0.05, 0) is 52.9 Å². The fourth-order valence-corrected chi connectivity index (χ4v) is 3.40. The molecule has 0 rings (SSSR count). The fraction of sp³-hybridized carbons (Fsp3) is 0.786. The Morgan fingerprint density at radius 1 is 0.722 bits per heavy atom. The van der Waals surface area contributed by atoms with Crippen LogP contribution < -0.4 is 16.0 Å². The Hall–Kier alpha value is -1.90. The summed E-state index contributed by atoms with van der Waals surface area (Å²) in [5.74, 6) is 0.133. The minimum Gasteiger partial charge on any atom is -0.389 e. The van der Waals surface area contributed by atoms with Crippen molar-refractivity contribution in [3.05, 3.63) is 24.4 Å². The monoisotopic (exact) mass is 511 g/mol. The topological polar surface area (TPSA) is 97.9 Å². The van der Waals surface area contributed by atoms with Crippen LogP contribution in [0.15, 0.2) is 24.4 Å². The maximum absolute atomic E-state index is 12.1. The molecule has 210 valence electrons. The van der Waals surface area contributed by atoms with Crippen molar-refractivity contribution < 1.29 is 23.8 Å². The first-order chi connectivity index (χ1) is 17.1. The highest BCUT2D eigenvalue weighted by Crippen LogP contribution is 2.12. The van der Waals surface area contributed by atoms with Crippen LogP contribution in [0.2, 0.25) is 0 Å². The molecule has 0 aliphatic carbocycles. The Kier molecular flexibility index (Phi) is 21.1. The van der Waals surface area contributed by atoms with E-state index >= 15 is 0 Å². The zero-order valence-electron chi connectivity index (χ0n) is 23.6. The third kappa shape index (κ3) is 21.4. The van der Waals surface area contributed by atoms with Crippen LogP contribution in [0.25, 0.3) is 0 Å². The Morgan fingerprint density at radius 3 is 1.92 bits per heavy atom. The summed E-state index contributed by atoms with van der Waals surface area (Å²) in [4.78, 5) is 24.2. The quantitative estimate of drug-likeness (QED) is 0.134. The van der Waals surface area contributed by atoms with Gasteiger partial charge in [-0.25, -0.2) is 0 Å². The standard InChI is InChI=1S/C28H53N3O5/c1-22(2)11-8-9-12-24(5)27(32)31-16-18-36-26(7)21-35-20-19-34-17-15-30-28(33)25(6)13-10-14-29-23(3)4/h24-26,29H,1,3,8-21H2,2,4-7H3,(H,30,33)(H,31,32). The number of hydrogen-bond donors (Lipinski definition) is 3. The predicted molar refractivity (Wildman–Crippen MR) is 147 cm³/mol. The first kappa shape index (κ1) is 34.1. The Morgan fingerprint density at radius 2 is 1.31 bits per heavy atom. The fourth-order valence-electron chi connectivity index (χ4n) is 3.40. The summed E-state index contributed by atoms with van der Waals surface area (Å²) in [6.45, 7) is 21.6. The van der Waals surface area contributed by atoms with Crippen LogP contribution in [0.1, 0.15) is 73.1 Å². The second-order valence-corrected chi connectivity index (χ2v) is 9.81. The summed E-state index contributed by atoms with van der Waals surface area (Å²) in [7, 11) is 0. The van der Waals surface area contributed by atoms with Gasteiger partial charge >= 0.3 is 0 Å². The molecule has 0 aliphatic rings. The molecule has 3 unspecified atom stereocenters. The van der Waals surface area contributed by atoms with Gasteiger partial charge in [0.25, 0.3) is 0 Å². The molecule has 8 heteroatoms. The maximum Gasteiger partial charge on any atom is 0.222 e. The Bertz CT molecular complexity index is 626. The van der Waals surface area contributed by atoms with E-state index < -0.39 is 0 Å². The van der Waals surface area contributed by atoms with Crippen LogP contribution in [0.5, 0.6) is 0 Å². The third-order valence-corrected chi connectivity index (χ3v) is 5.70. The lowest BCUT2D eigenvalue weighted by molar-refractivity contribution is -0.125. The summed E-state index contributed by atoms with van der Waals surface area (Å²) < 4.78 is 16.8. The van der Waals surface area contributed by atoms with Gasteiger partial charge in [-0.2, -0.15) is 0 Å². The number of amides is 2. The number of unbranched alkanes of at least 4 members (excludes halogenated alkanes) is 1. The van der Waals surface area contributed by atoms with Crippen LogP contribution >= 0.6 is 0 Å². The van der Waals surface area contributed by atoms with Gasteiger partial charge < -0.3 is 30.2 Å². The van der Waals surface area contributed by atoms with E-state index in [0.29, 0.717) is 46.1 Å². The number of carbonyl (C=O) groups excluding carboxylic acids is 2. The van der Waals surface area contributed by atoms with Gasteiger partial charge in [-0.15, -0.1) is 6.58 Å². The van der Waals surface area contributed by atoms with Gasteiger partial charge in [0.2, 0.25) is 11.8 Å². The van der Waals surface area contributed by atoms with Crippen molar-refractivity contribution in [2.45, 2.75) is 79.2 Å². The average molecular weight is 512 g/mol. The molecule has 0 aliphatic heterocycles. The first-order valence-electron chi connectivity index (χ1n) is 13.5. The summed E-state index contributed by atoms with van der Waals surface area (Å²) in [5, 5.41) is 9.01. The van der Waals surface area contributed by atoms with E-state index in [9.17, 15) is 9.59 Å². The molecule has 0 bridgehead atoms. The van der Waals surface area contributed by atoms with Crippen molar-refractivity contribution in [2.75, 3.05) is 52.7 Å². The highest BCUT2D eigenvalue weighted by atomic mass is 16.5. The molecule has 0 radical (unpaired) electrons. The number of hydrogen-bond acceptors (Lipinski definition) is 6. The molecule has 0 aromatic rings. The molecule has 0 saturated heterocycles. The average Bonchev–Trinajstić information content (AvgIpc) is 2.82. The number of ether oxygens (including phenoxy) is 3. The zero-order chi connectivity index (χ0) is 27.2. The summed E-state index contributed by atoms with van der Waals surface area (Å²) in [6, 6.07) is 0. The lowest BCUT2D eigenvalue weighted by Crippen LogP contribution is -2.33. The molecular formula is C28H53N3O5. The molecule has 2 amide bonds. The van der Waals surface area contributed by atoms with Gasteiger partial charge in [0, 0.05) is 37.2 Å². The second kappa shape index (κ2) is 22.3. The van der Waals surface area contributed by atoms with Crippen LogP contribution in [0.4, 0.5) is 0 Å². The van der Waals surface area contributed by atoms with E-state index in [4.69, 9.17) is 14.2 Å². The smallest absolute Gasteiger partial charge is 0.222 e. The zero-order valence-corrected chi connectivity index (χ0v) is 23.6. The molecule has 8 nitrogen and oxygen atoms in total. The van der Waals surface area contributed by atoms with Crippen molar-refractivity contribution in [2.24, 2.45) is 11.8 Å². The molecule has 3 atom stereocenters. The van der Waals surface area contributed by atoms with Crippen molar-refractivity contribution in [1.29, 1.82) is 0 Å². The van der Waals surface area contributed by atoms with Gasteiger partial charge in [-0.1, -0.05) is 32.4 Å². The van der Waals surface area contributed by atoms with Crippen LogP contribution in [-0.2, 0) is 23.8 Å². The van der Waals surface area contributed by atoms with Gasteiger partial charge in [0.05, 0.1) is 39.1 Å². The minimum atomic E-state index is -0.0622. The van der Waals surface area contributed by atoms with Crippen molar-refractivity contribution in [3.8, 4) is 0 Å². The largest absolute Gasteiger partial charge is 0.389 e. The van der Waals surface area contributed by atoms with Crippen molar-refractivity contribution in [3.63, 3.8) is 0 Å². The van der Waals surface area contributed by atoms with Crippen molar-refractivity contribution in [1.82, 2.24) is 16.0 Å².